The van der Waals surface area contributed by atoms with Gasteiger partial charge in [0, 0.05) is 30.6 Å². The maximum Gasteiger partial charge on any atom is 0.282 e. The molecule has 0 bridgehead atoms. The Morgan fingerprint density at radius 3 is 3.08 bits per heavy atom. The Kier molecular flexibility index (Phi) is 3.81. The number of alkyl halides is 1. The van der Waals surface area contributed by atoms with E-state index in [0.717, 1.165) is 0 Å². The summed E-state index contributed by atoms with van der Waals surface area (Å²) in [4.78, 5) is 15.5. The average molecular weight is 219 g/mol. The molecule has 3 nitrogen and oxygen atoms in total. The molecule has 0 aliphatic rings. The fourth-order valence-electron chi connectivity index (χ4n) is 0.778. The van der Waals surface area contributed by atoms with Crippen molar-refractivity contribution in [2.45, 2.75) is 17.2 Å². The molecule has 72 valence electrons. The van der Waals surface area contributed by atoms with Gasteiger partial charge < -0.3 is 4.57 Å². The van der Waals surface area contributed by atoms with Crippen LogP contribution in [0.4, 0.5) is 0 Å². The van der Waals surface area contributed by atoms with Crippen LogP contribution in [-0.2, 0) is 7.05 Å². The molecule has 13 heavy (non-hydrogen) atoms. The molecule has 1 rings (SSSR count). The van der Waals surface area contributed by atoms with Crippen LogP contribution in [-0.4, -0.2) is 20.7 Å². The lowest BCUT2D eigenvalue weighted by Gasteiger charge is -2.05. The third kappa shape index (κ3) is 2.74. The maximum absolute atomic E-state index is 11.5. The first-order valence-corrected chi connectivity index (χ1v) is 5.31. The molecule has 1 unspecified atom stereocenters. The first-order valence-electron chi connectivity index (χ1n) is 3.89. The summed E-state index contributed by atoms with van der Waals surface area (Å²) < 4.78 is 1.51. The predicted molar refractivity (Wildman–Crippen MR) is 55.5 cm³/mol. The zero-order valence-corrected chi connectivity index (χ0v) is 9.10. The minimum Gasteiger partial charge on any atom is -0.315 e. The van der Waals surface area contributed by atoms with E-state index in [0.29, 0.717) is 10.9 Å². The summed E-state index contributed by atoms with van der Waals surface area (Å²) in [5.74, 6) is 0.518. The SMILES string of the molecule is CC(CCl)Sc1nccn(C)c1=O. The number of thioether (sulfide) groups is 1. The maximum atomic E-state index is 11.5. The molecule has 1 aromatic heterocycles. The Bertz CT molecular complexity index is 339. The third-order valence-electron chi connectivity index (χ3n) is 1.52. The monoisotopic (exact) mass is 218 g/mol. The summed E-state index contributed by atoms with van der Waals surface area (Å²) in [5.41, 5.74) is -0.0653. The predicted octanol–water partition coefficient (Wildman–Crippen LogP) is 1.50. The molecule has 0 N–H and O–H groups in total. The fourth-order valence-corrected chi connectivity index (χ4v) is 1.78. The van der Waals surface area contributed by atoms with E-state index in [1.807, 2.05) is 6.92 Å². The molecule has 1 aromatic rings. The van der Waals surface area contributed by atoms with Gasteiger partial charge in [-0.2, -0.15) is 0 Å². The standard InChI is InChI=1S/C8H11ClN2OS/c1-6(5-9)13-7-8(12)11(2)4-3-10-7/h3-4,6H,5H2,1-2H3. The number of halogens is 1. The van der Waals surface area contributed by atoms with Crippen LogP contribution in [0.1, 0.15) is 6.92 Å². The van der Waals surface area contributed by atoms with E-state index < -0.39 is 0 Å². The van der Waals surface area contributed by atoms with Crippen molar-refractivity contribution >= 4 is 23.4 Å². The number of rotatable bonds is 3. The van der Waals surface area contributed by atoms with Crippen LogP contribution in [0.25, 0.3) is 0 Å². The average Bonchev–Trinajstić information content (AvgIpc) is 2.13. The summed E-state index contributed by atoms with van der Waals surface area (Å²) in [5, 5.41) is 0.724. The van der Waals surface area contributed by atoms with Crippen molar-refractivity contribution in [2.24, 2.45) is 7.05 Å². The van der Waals surface area contributed by atoms with Gasteiger partial charge in [0.2, 0.25) is 0 Å². The molecule has 0 aliphatic carbocycles. The van der Waals surface area contributed by atoms with Gasteiger partial charge in [-0.15, -0.1) is 11.6 Å². The van der Waals surface area contributed by atoms with E-state index in [9.17, 15) is 4.79 Å². The molecule has 0 aromatic carbocycles. The normalized spacial score (nSPS) is 12.8. The lowest BCUT2D eigenvalue weighted by molar-refractivity contribution is 0.793. The molecular formula is C8H11ClN2OS. The second kappa shape index (κ2) is 4.67. The summed E-state index contributed by atoms with van der Waals surface area (Å²) in [6, 6.07) is 0. The topological polar surface area (TPSA) is 34.9 Å². The van der Waals surface area contributed by atoms with Crippen molar-refractivity contribution in [1.82, 2.24) is 9.55 Å². The van der Waals surface area contributed by atoms with Crippen LogP contribution >= 0.6 is 23.4 Å². The quantitative estimate of drug-likeness (QED) is 0.570. The van der Waals surface area contributed by atoms with Gasteiger partial charge in [0.15, 0.2) is 5.03 Å². The number of aromatic nitrogens is 2. The van der Waals surface area contributed by atoms with E-state index in [2.05, 4.69) is 4.98 Å². The van der Waals surface area contributed by atoms with Crippen LogP contribution in [0, 0.1) is 0 Å². The van der Waals surface area contributed by atoms with Crippen LogP contribution in [0.2, 0.25) is 0 Å². The smallest absolute Gasteiger partial charge is 0.282 e. The molecule has 0 saturated heterocycles. The Balaban J connectivity index is 2.89. The van der Waals surface area contributed by atoms with Crippen molar-refractivity contribution in [2.75, 3.05) is 5.88 Å². The number of aryl methyl sites for hydroxylation is 1. The molecule has 0 aliphatic heterocycles. The van der Waals surface area contributed by atoms with E-state index in [1.54, 1.807) is 19.4 Å². The number of hydrogen-bond donors (Lipinski definition) is 0. The molecule has 1 heterocycles. The second-order valence-corrected chi connectivity index (χ2v) is 4.47. The Morgan fingerprint density at radius 2 is 2.46 bits per heavy atom. The molecule has 0 fully saturated rings. The lowest BCUT2D eigenvalue weighted by Crippen LogP contribution is -2.19. The van der Waals surface area contributed by atoms with Gasteiger partial charge in [-0.05, 0) is 0 Å². The summed E-state index contributed by atoms with van der Waals surface area (Å²) >= 11 is 7.04. The Labute approximate surface area is 86.1 Å². The van der Waals surface area contributed by atoms with E-state index in [1.165, 1.54) is 16.3 Å². The Hall–Kier alpha value is -0.480. The van der Waals surface area contributed by atoms with Crippen LogP contribution < -0.4 is 5.56 Å². The highest BCUT2D eigenvalue weighted by Gasteiger charge is 2.07. The largest absolute Gasteiger partial charge is 0.315 e. The molecule has 0 radical (unpaired) electrons. The number of nitrogens with zero attached hydrogens (tertiary/aromatic N) is 2. The Morgan fingerprint density at radius 1 is 1.77 bits per heavy atom. The molecule has 0 amide bonds. The van der Waals surface area contributed by atoms with Crippen molar-refractivity contribution < 1.29 is 0 Å². The van der Waals surface area contributed by atoms with Gasteiger partial charge >= 0.3 is 0 Å². The summed E-state index contributed by atoms with van der Waals surface area (Å²) in [6.07, 6.45) is 3.25. The molecule has 5 heteroatoms. The zero-order valence-electron chi connectivity index (χ0n) is 7.53. The molecular weight excluding hydrogens is 208 g/mol. The van der Waals surface area contributed by atoms with Gasteiger partial charge in [0.05, 0.1) is 0 Å². The summed E-state index contributed by atoms with van der Waals surface area (Å²) in [7, 11) is 1.71. The van der Waals surface area contributed by atoms with Gasteiger partial charge in [-0.1, -0.05) is 18.7 Å². The van der Waals surface area contributed by atoms with Gasteiger partial charge in [-0.3, -0.25) is 4.79 Å². The van der Waals surface area contributed by atoms with Crippen molar-refractivity contribution in [1.29, 1.82) is 0 Å². The van der Waals surface area contributed by atoms with Gasteiger partial charge in [-0.25, -0.2) is 4.98 Å². The van der Waals surface area contributed by atoms with E-state index in [-0.39, 0.29) is 10.8 Å². The van der Waals surface area contributed by atoms with Crippen molar-refractivity contribution in [3.63, 3.8) is 0 Å². The van der Waals surface area contributed by atoms with Crippen LogP contribution in [0.15, 0.2) is 22.2 Å². The van der Waals surface area contributed by atoms with Crippen LogP contribution in [0.3, 0.4) is 0 Å². The first-order chi connectivity index (χ1) is 6.15. The van der Waals surface area contributed by atoms with Crippen molar-refractivity contribution in [3.05, 3.63) is 22.7 Å². The van der Waals surface area contributed by atoms with Gasteiger partial charge in [0.25, 0.3) is 5.56 Å². The molecule has 0 spiro atoms. The fraction of sp³-hybridized carbons (Fsp3) is 0.500. The minimum atomic E-state index is -0.0653. The third-order valence-corrected chi connectivity index (χ3v) is 3.23. The lowest BCUT2D eigenvalue weighted by atomic mass is 10.6. The van der Waals surface area contributed by atoms with Crippen LogP contribution in [0.5, 0.6) is 0 Å². The second-order valence-electron chi connectivity index (χ2n) is 2.73. The van der Waals surface area contributed by atoms with Gasteiger partial charge in [0.1, 0.15) is 0 Å². The van der Waals surface area contributed by atoms with E-state index >= 15 is 0 Å². The minimum absolute atomic E-state index is 0.0653. The summed E-state index contributed by atoms with van der Waals surface area (Å²) in [6.45, 7) is 1.96. The van der Waals surface area contributed by atoms with E-state index in [4.69, 9.17) is 11.6 Å². The highest BCUT2D eigenvalue weighted by Crippen LogP contribution is 2.17. The van der Waals surface area contributed by atoms with Crippen molar-refractivity contribution in [3.8, 4) is 0 Å². The molecule has 1 atom stereocenters. The highest BCUT2D eigenvalue weighted by atomic mass is 35.5. The zero-order chi connectivity index (χ0) is 9.84. The molecule has 0 saturated carbocycles. The highest BCUT2D eigenvalue weighted by molar-refractivity contribution is 7.99. The number of hydrogen-bond acceptors (Lipinski definition) is 3. The first kappa shape index (κ1) is 10.6.